The Kier molecular flexibility index (Phi) is 2.30. The van der Waals surface area contributed by atoms with Crippen LogP contribution in [0.5, 0.6) is 0 Å². The molecule has 14 heavy (non-hydrogen) atoms. The number of carbonyl (C=O) groups excluding carboxylic acids is 1. The fourth-order valence-electron chi connectivity index (χ4n) is 1.21. The van der Waals surface area contributed by atoms with Crippen LogP contribution >= 0.6 is 15.9 Å². The highest BCUT2D eigenvalue weighted by Gasteiger charge is 2.16. The molecular weight excluding hydrogens is 248 g/mol. The van der Waals surface area contributed by atoms with Crippen molar-refractivity contribution >= 4 is 27.5 Å². The van der Waals surface area contributed by atoms with Crippen molar-refractivity contribution in [2.75, 3.05) is 6.54 Å². The number of imidazole rings is 1. The second-order valence-corrected chi connectivity index (χ2v) is 3.42. The Morgan fingerprint density at radius 1 is 1.64 bits per heavy atom. The summed E-state index contributed by atoms with van der Waals surface area (Å²) in [7, 11) is 0. The van der Waals surface area contributed by atoms with Crippen molar-refractivity contribution in [3.63, 3.8) is 0 Å². The minimum absolute atomic E-state index is 0.0404. The molecule has 72 valence electrons. The number of Topliss-reactive ketones (excluding diaryl/α,β-unsaturated/α-hetero) is 1. The molecule has 2 N–H and O–H groups in total. The Bertz CT molecular complexity index is 493. The quantitative estimate of drug-likeness (QED) is 0.799. The first kappa shape index (κ1) is 9.29. The van der Waals surface area contributed by atoms with Crippen molar-refractivity contribution in [3.05, 3.63) is 28.8 Å². The highest BCUT2D eigenvalue weighted by molar-refractivity contribution is 9.10. The SMILES string of the molecule is NCC(=O)c1c(Br)nc2ncccn12. The Hall–Kier alpha value is -1.27. The summed E-state index contributed by atoms with van der Waals surface area (Å²) in [5, 5.41) is 0. The van der Waals surface area contributed by atoms with E-state index in [1.807, 2.05) is 0 Å². The molecule has 0 aliphatic carbocycles. The minimum Gasteiger partial charge on any atom is -0.324 e. The van der Waals surface area contributed by atoms with E-state index in [0.29, 0.717) is 16.1 Å². The van der Waals surface area contributed by atoms with Crippen LogP contribution in [-0.2, 0) is 0 Å². The van der Waals surface area contributed by atoms with Gasteiger partial charge in [-0.25, -0.2) is 9.97 Å². The Labute approximate surface area is 88.1 Å². The second kappa shape index (κ2) is 3.47. The molecule has 0 atom stereocenters. The highest BCUT2D eigenvalue weighted by atomic mass is 79.9. The summed E-state index contributed by atoms with van der Waals surface area (Å²) < 4.78 is 2.09. The van der Waals surface area contributed by atoms with Crippen LogP contribution in [-0.4, -0.2) is 26.7 Å². The van der Waals surface area contributed by atoms with Gasteiger partial charge in [-0.1, -0.05) is 0 Å². The fraction of sp³-hybridized carbons (Fsp3) is 0.125. The summed E-state index contributed by atoms with van der Waals surface area (Å²) >= 11 is 3.20. The third-order valence-corrected chi connectivity index (χ3v) is 2.36. The largest absolute Gasteiger partial charge is 0.324 e. The van der Waals surface area contributed by atoms with Gasteiger partial charge in [-0.2, -0.15) is 0 Å². The van der Waals surface area contributed by atoms with Crippen LogP contribution in [0.4, 0.5) is 0 Å². The van der Waals surface area contributed by atoms with Crippen molar-refractivity contribution in [3.8, 4) is 0 Å². The predicted molar refractivity (Wildman–Crippen MR) is 54.1 cm³/mol. The van der Waals surface area contributed by atoms with E-state index in [1.165, 1.54) is 0 Å². The average molecular weight is 255 g/mol. The fourth-order valence-corrected chi connectivity index (χ4v) is 1.78. The molecule has 0 aliphatic rings. The van der Waals surface area contributed by atoms with Crippen LogP contribution in [0.25, 0.3) is 5.78 Å². The number of nitrogens with two attached hydrogens (primary N) is 1. The molecule has 0 spiro atoms. The first-order valence-electron chi connectivity index (χ1n) is 3.96. The van der Waals surface area contributed by atoms with E-state index in [4.69, 9.17) is 5.73 Å². The minimum atomic E-state index is -0.169. The van der Waals surface area contributed by atoms with Crippen LogP contribution < -0.4 is 5.73 Å². The first-order chi connectivity index (χ1) is 6.74. The van der Waals surface area contributed by atoms with Crippen LogP contribution in [0, 0.1) is 0 Å². The summed E-state index contributed by atoms with van der Waals surface area (Å²) in [4.78, 5) is 19.5. The number of aromatic nitrogens is 3. The number of fused-ring (bicyclic) bond motifs is 1. The molecule has 0 fully saturated rings. The summed E-state index contributed by atoms with van der Waals surface area (Å²) in [6, 6.07) is 1.73. The molecule has 0 aliphatic heterocycles. The molecule has 0 radical (unpaired) electrons. The molecule has 2 aromatic heterocycles. The number of hydrogen-bond donors (Lipinski definition) is 1. The van der Waals surface area contributed by atoms with Crippen LogP contribution in [0.1, 0.15) is 10.5 Å². The third-order valence-electron chi connectivity index (χ3n) is 1.81. The van der Waals surface area contributed by atoms with E-state index in [1.54, 1.807) is 22.9 Å². The molecule has 0 aromatic carbocycles. The normalized spacial score (nSPS) is 10.7. The molecule has 0 amide bonds. The number of hydrogen-bond acceptors (Lipinski definition) is 4. The lowest BCUT2D eigenvalue weighted by atomic mass is 10.3. The summed E-state index contributed by atoms with van der Waals surface area (Å²) in [6.07, 6.45) is 3.34. The van der Waals surface area contributed by atoms with E-state index >= 15 is 0 Å². The second-order valence-electron chi connectivity index (χ2n) is 2.67. The zero-order valence-corrected chi connectivity index (χ0v) is 8.73. The maximum Gasteiger partial charge on any atom is 0.235 e. The van der Waals surface area contributed by atoms with E-state index in [2.05, 4.69) is 25.9 Å². The molecule has 0 saturated heterocycles. The molecule has 0 saturated carbocycles. The predicted octanol–water partition coefficient (Wildman–Crippen LogP) is 0.633. The lowest BCUT2D eigenvalue weighted by Gasteiger charge is -1.97. The summed E-state index contributed by atoms with van der Waals surface area (Å²) in [6.45, 7) is -0.0404. The number of carbonyl (C=O) groups is 1. The van der Waals surface area contributed by atoms with Gasteiger partial charge in [0.2, 0.25) is 5.78 Å². The number of rotatable bonds is 2. The zero-order chi connectivity index (χ0) is 10.1. The van der Waals surface area contributed by atoms with Crippen molar-refractivity contribution in [2.45, 2.75) is 0 Å². The maximum absolute atomic E-state index is 11.5. The lowest BCUT2D eigenvalue weighted by molar-refractivity contribution is 0.0995. The van der Waals surface area contributed by atoms with Gasteiger partial charge in [0.05, 0.1) is 6.54 Å². The first-order valence-corrected chi connectivity index (χ1v) is 4.75. The van der Waals surface area contributed by atoms with E-state index in [0.717, 1.165) is 0 Å². The van der Waals surface area contributed by atoms with Gasteiger partial charge in [-0.05, 0) is 22.0 Å². The molecule has 0 unspecified atom stereocenters. The Morgan fingerprint density at radius 3 is 3.14 bits per heavy atom. The molecule has 2 aromatic rings. The number of halogens is 1. The van der Waals surface area contributed by atoms with E-state index < -0.39 is 0 Å². The van der Waals surface area contributed by atoms with Crippen molar-refractivity contribution < 1.29 is 4.79 Å². The monoisotopic (exact) mass is 254 g/mol. The van der Waals surface area contributed by atoms with Gasteiger partial charge in [0, 0.05) is 12.4 Å². The maximum atomic E-state index is 11.5. The number of nitrogens with zero attached hydrogens (tertiary/aromatic N) is 3. The molecule has 6 heteroatoms. The molecular formula is C8H7BrN4O. The molecule has 0 bridgehead atoms. The van der Waals surface area contributed by atoms with Crippen molar-refractivity contribution in [1.29, 1.82) is 0 Å². The van der Waals surface area contributed by atoms with Gasteiger partial charge >= 0.3 is 0 Å². The van der Waals surface area contributed by atoms with E-state index in [9.17, 15) is 4.79 Å². The van der Waals surface area contributed by atoms with Crippen LogP contribution in [0.15, 0.2) is 23.1 Å². The Morgan fingerprint density at radius 2 is 2.43 bits per heavy atom. The lowest BCUT2D eigenvalue weighted by Crippen LogP contribution is -2.16. The van der Waals surface area contributed by atoms with E-state index in [-0.39, 0.29) is 12.3 Å². The smallest absolute Gasteiger partial charge is 0.235 e. The summed E-state index contributed by atoms with van der Waals surface area (Å²) in [5.41, 5.74) is 5.73. The van der Waals surface area contributed by atoms with Crippen molar-refractivity contribution in [2.24, 2.45) is 5.73 Å². The highest BCUT2D eigenvalue weighted by Crippen LogP contribution is 2.16. The zero-order valence-electron chi connectivity index (χ0n) is 7.14. The van der Waals surface area contributed by atoms with Gasteiger partial charge in [0.1, 0.15) is 10.3 Å². The molecule has 2 rings (SSSR count). The number of ketones is 1. The van der Waals surface area contributed by atoms with Gasteiger partial charge < -0.3 is 5.73 Å². The van der Waals surface area contributed by atoms with Crippen molar-refractivity contribution in [1.82, 2.24) is 14.4 Å². The van der Waals surface area contributed by atoms with Gasteiger partial charge in [0.25, 0.3) is 0 Å². The third kappa shape index (κ3) is 1.32. The summed E-state index contributed by atoms with van der Waals surface area (Å²) in [5.74, 6) is 0.313. The van der Waals surface area contributed by atoms with Gasteiger partial charge in [0.15, 0.2) is 5.78 Å². The molecule has 2 heterocycles. The standard InChI is InChI=1S/C8H7BrN4O/c9-7-6(5(14)4-10)13-3-1-2-11-8(13)12-7/h1-3H,4,10H2. The Balaban J connectivity index is 2.74. The van der Waals surface area contributed by atoms with Gasteiger partial charge in [-0.3, -0.25) is 9.20 Å². The van der Waals surface area contributed by atoms with Crippen LogP contribution in [0.2, 0.25) is 0 Å². The topological polar surface area (TPSA) is 73.3 Å². The van der Waals surface area contributed by atoms with Crippen LogP contribution in [0.3, 0.4) is 0 Å². The average Bonchev–Trinajstić information content (AvgIpc) is 2.53. The molecule has 5 nitrogen and oxygen atoms in total. The van der Waals surface area contributed by atoms with Gasteiger partial charge in [-0.15, -0.1) is 0 Å².